The average Bonchev–Trinajstić information content (AvgIpc) is 3.01. The molecule has 1 aromatic carbocycles. The molecular weight excluding hydrogens is 296 g/mol. The number of benzene rings is 1. The van der Waals surface area contributed by atoms with Crippen LogP contribution in [0.1, 0.15) is 46.1 Å². The lowest BCUT2D eigenvalue weighted by Crippen LogP contribution is -2.28. The lowest BCUT2D eigenvalue weighted by molar-refractivity contribution is -0.172. The fourth-order valence-electron chi connectivity index (χ4n) is 2.90. The molecule has 1 saturated heterocycles. The molecule has 1 aliphatic heterocycles. The maximum atomic E-state index is 5.99. The lowest BCUT2D eigenvalue weighted by atomic mass is 9.99. The zero-order chi connectivity index (χ0) is 16.7. The van der Waals surface area contributed by atoms with Gasteiger partial charge in [0.1, 0.15) is 0 Å². The van der Waals surface area contributed by atoms with Crippen molar-refractivity contribution in [2.75, 3.05) is 33.0 Å². The Bertz CT molecular complexity index is 494. The van der Waals surface area contributed by atoms with Crippen LogP contribution in [0.25, 0.3) is 0 Å². The van der Waals surface area contributed by atoms with Crippen molar-refractivity contribution in [2.24, 2.45) is 0 Å². The summed E-state index contributed by atoms with van der Waals surface area (Å²) in [5.41, 5.74) is 0.880. The Kier molecular flexibility index (Phi) is 6.54. The van der Waals surface area contributed by atoms with Gasteiger partial charge in [-0.15, -0.1) is 0 Å². The predicted molar refractivity (Wildman–Crippen MR) is 88.4 cm³/mol. The van der Waals surface area contributed by atoms with Gasteiger partial charge in [0.2, 0.25) is 5.75 Å². The summed E-state index contributed by atoms with van der Waals surface area (Å²) in [5.74, 6) is 1.22. The van der Waals surface area contributed by atoms with Crippen molar-refractivity contribution in [3.8, 4) is 17.2 Å². The molecule has 0 spiro atoms. The molecule has 0 amide bonds. The van der Waals surface area contributed by atoms with Crippen LogP contribution in [0, 0.1) is 0 Å². The van der Waals surface area contributed by atoms with Gasteiger partial charge in [-0.05, 0) is 32.9 Å². The summed E-state index contributed by atoms with van der Waals surface area (Å²) >= 11 is 0. The maximum absolute atomic E-state index is 5.99. The summed E-state index contributed by atoms with van der Waals surface area (Å²) in [7, 11) is 0. The van der Waals surface area contributed by atoms with Crippen LogP contribution in [-0.2, 0) is 15.3 Å². The predicted octanol–water partition coefficient (Wildman–Crippen LogP) is 3.88. The molecule has 0 N–H and O–H groups in total. The Morgan fingerprint density at radius 3 is 2.04 bits per heavy atom. The van der Waals surface area contributed by atoms with E-state index in [1.807, 2.05) is 32.9 Å². The van der Waals surface area contributed by atoms with Gasteiger partial charge in [0, 0.05) is 6.42 Å². The van der Waals surface area contributed by atoms with Crippen LogP contribution in [0.4, 0.5) is 0 Å². The van der Waals surface area contributed by atoms with E-state index < -0.39 is 5.79 Å². The van der Waals surface area contributed by atoms with Crippen LogP contribution in [-0.4, -0.2) is 33.0 Å². The highest BCUT2D eigenvalue weighted by Gasteiger charge is 2.41. The van der Waals surface area contributed by atoms with Gasteiger partial charge in [0.15, 0.2) is 17.3 Å². The highest BCUT2D eigenvalue weighted by molar-refractivity contribution is 5.57. The second kappa shape index (κ2) is 8.41. The molecule has 5 nitrogen and oxygen atoms in total. The first-order valence-electron chi connectivity index (χ1n) is 8.56. The van der Waals surface area contributed by atoms with E-state index in [2.05, 4.69) is 6.92 Å². The van der Waals surface area contributed by atoms with Crippen LogP contribution in [0.15, 0.2) is 12.1 Å². The molecule has 0 saturated carbocycles. The normalized spacial score (nSPS) is 16.3. The van der Waals surface area contributed by atoms with E-state index in [-0.39, 0.29) is 0 Å². The quantitative estimate of drug-likeness (QED) is 0.690. The van der Waals surface area contributed by atoms with Gasteiger partial charge in [-0.3, -0.25) is 0 Å². The summed E-state index contributed by atoms with van der Waals surface area (Å²) in [6.07, 6.45) is 1.72. The Balaban J connectivity index is 2.55. The SMILES string of the molecule is CCCC1(c2ccc(OCC)c(OCC)c2OCC)OCCO1. The van der Waals surface area contributed by atoms with E-state index in [0.29, 0.717) is 50.3 Å². The maximum Gasteiger partial charge on any atom is 0.204 e. The molecule has 0 unspecified atom stereocenters. The van der Waals surface area contributed by atoms with Gasteiger partial charge < -0.3 is 23.7 Å². The molecule has 0 bridgehead atoms. The Morgan fingerprint density at radius 1 is 0.870 bits per heavy atom. The summed E-state index contributed by atoms with van der Waals surface area (Å²) < 4.78 is 29.4. The largest absolute Gasteiger partial charge is 0.490 e. The van der Waals surface area contributed by atoms with Crippen LogP contribution >= 0.6 is 0 Å². The van der Waals surface area contributed by atoms with Gasteiger partial charge in [0.25, 0.3) is 0 Å². The molecule has 1 heterocycles. The summed E-state index contributed by atoms with van der Waals surface area (Å²) in [6, 6.07) is 3.88. The first kappa shape index (κ1) is 17.9. The van der Waals surface area contributed by atoms with Crippen LogP contribution in [0.3, 0.4) is 0 Å². The van der Waals surface area contributed by atoms with Crippen molar-refractivity contribution in [2.45, 2.75) is 46.3 Å². The topological polar surface area (TPSA) is 46.2 Å². The van der Waals surface area contributed by atoms with Crippen molar-refractivity contribution in [1.82, 2.24) is 0 Å². The van der Waals surface area contributed by atoms with Crippen molar-refractivity contribution in [3.05, 3.63) is 17.7 Å². The lowest BCUT2D eigenvalue weighted by Gasteiger charge is -2.30. The van der Waals surface area contributed by atoms with E-state index in [1.165, 1.54) is 0 Å². The third-order valence-corrected chi connectivity index (χ3v) is 3.70. The van der Waals surface area contributed by atoms with E-state index in [4.69, 9.17) is 23.7 Å². The Morgan fingerprint density at radius 2 is 1.48 bits per heavy atom. The number of hydrogen-bond acceptors (Lipinski definition) is 5. The smallest absolute Gasteiger partial charge is 0.204 e. The van der Waals surface area contributed by atoms with Gasteiger partial charge in [-0.2, -0.15) is 0 Å². The molecule has 0 atom stereocenters. The minimum atomic E-state index is -0.754. The zero-order valence-corrected chi connectivity index (χ0v) is 14.6. The molecule has 1 fully saturated rings. The van der Waals surface area contributed by atoms with Crippen molar-refractivity contribution in [3.63, 3.8) is 0 Å². The van der Waals surface area contributed by atoms with Crippen molar-refractivity contribution >= 4 is 0 Å². The first-order chi connectivity index (χ1) is 11.2. The highest BCUT2D eigenvalue weighted by atomic mass is 16.7. The standard InChI is InChI=1S/C18H28O5/c1-5-11-18(22-12-13-23-18)14-9-10-15(19-6-2)17(21-8-4)16(14)20-7-3/h9-10H,5-8,11-13H2,1-4H3. The fourth-order valence-corrected chi connectivity index (χ4v) is 2.90. The molecular formula is C18H28O5. The van der Waals surface area contributed by atoms with Gasteiger partial charge >= 0.3 is 0 Å². The second-order valence-corrected chi connectivity index (χ2v) is 5.27. The molecule has 0 aliphatic carbocycles. The molecule has 1 aliphatic rings. The van der Waals surface area contributed by atoms with Crippen LogP contribution in [0.2, 0.25) is 0 Å². The Hall–Kier alpha value is -1.46. The number of hydrogen-bond donors (Lipinski definition) is 0. The van der Waals surface area contributed by atoms with E-state index in [1.54, 1.807) is 0 Å². The summed E-state index contributed by atoms with van der Waals surface area (Å²) in [5, 5.41) is 0. The summed E-state index contributed by atoms with van der Waals surface area (Å²) in [4.78, 5) is 0. The minimum Gasteiger partial charge on any atom is -0.490 e. The van der Waals surface area contributed by atoms with E-state index in [0.717, 1.165) is 18.4 Å². The molecule has 0 radical (unpaired) electrons. The highest BCUT2D eigenvalue weighted by Crippen LogP contribution is 2.48. The van der Waals surface area contributed by atoms with Gasteiger partial charge in [-0.25, -0.2) is 0 Å². The molecule has 0 aromatic heterocycles. The molecule has 5 heteroatoms. The van der Waals surface area contributed by atoms with Crippen molar-refractivity contribution < 1.29 is 23.7 Å². The molecule has 1 aromatic rings. The van der Waals surface area contributed by atoms with Gasteiger partial charge in [0.05, 0.1) is 38.6 Å². The molecule has 23 heavy (non-hydrogen) atoms. The first-order valence-corrected chi connectivity index (χ1v) is 8.56. The average molecular weight is 324 g/mol. The number of rotatable bonds is 9. The third kappa shape index (κ3) is 3.72. The fraction of sp³-hybridized carbons (Fsp3) is 0.667. The van der Waals surface area contributed by atoms with Gasteiger partial charge in [-0.1, -0.05) is 13.3 Å². The van der Waals surface area contributed by atoms with E-state index >= 15 is 0 Å². The Labute approximate surface area is 138 Å². The van der Waals surface area contributed by atoms with Crippen LogP contribution < -0.4 is 14.2 Å². The molecule has 130 valence electrons. The number of ether oxygens (including phenoxy) is 5. The third-order valence-electron chi connectivity index (χ3n) is 3.70. The summed E-state index contributed by atoms with van der Waals surface area (Å²) in [6.45, 7) is 10.8. The van der Waals surface area contributed by atoms with E-state index in [9.17, 15) is 0 Å². The zero-order valence-electron chi connectivity index (χ0n) is 14.6. The molecule has 2 rings (SSSR count). The van der Waals surface area contributed by atoms with Crippen molar-refractivity contribution in [1.29, 1.82) is 0 Å². The van der Waals surface area contributed by atoms with Crippen LogP contribution in [0.5, 0.6) is 17.2 Å². The monoisotopic (exact) mass is 324 g/mol. The second-order valence-electron chi connectivity index (χ2n) is 5.27. The minimum absolute atomic E-state index is 0.533.